The van der Waals surface area contributed by atoms with Crippen LogP contribution in [0.4, 0.5) is 4.79 Å². The summed E-state index contributed by atoms with van der Waals surface area (Å²) in [4.78, 5) is 13.5. The quantitative estimate of drug-likeness (QED) is 0.547. The highest BCUT2D eigenvalue weighted by atomic mass is 32.2. The van der Waals surface area contributed by atoms with Crippen LogP contribution in [0.15, 0.2) is 0 Å². The van der Waals surface area contributed by atoms with Crippen LogP contribution in [0.1, 0.15) is 27.7 Å². The molecule has 0 bridgehead atoms. The lowest BCUT2D eigenvalue weighted by Gasteiger charge is -2.17. The lowest BCUT2D eigenvalue weighted by atomic mass is 10.1. The number of amides is 2. The van der Waals surface area contributed by atoms with Crippen molar-refractivity contribution in [2.45, 2.75) is 33.2 Å². The maximum Gasteiger partial charge on any atom is 0.317 e. The molecule has 6 nitrogen and oxygen atoms in total. The van der Waals surface area contributed by atoms with Crippen molar-refractivity contribution in [1.82, 2.24) is 10.2 Å². The molecule has 1 saturated heterocycles. The topological polar surface area (TPSA) is 60.0 Å². The Hall–Kier alpha value is -0.500. The third-order valence-corrected chi connectivity index (χ3v) is 3.93. The van der Waals surface area contributed by atoms with Crippen LogP contribution in [-0.2, 0) is 14.2 Å². The van der Waals surface area contributed by atoms with E-state index in [1.54, 1.807) is 18.9 Å². The fraction of sp³-hybridized carbons (Fsp3) is 0.938. The summed E-state index contributed by atoms with van der Waals surface area (Å²) >= 11 is 1.81. The number of hydrogen-bond acceptors (Lipinski definition) is 5. The summed E-state index contributed by atoms with van der Waals surface area (Å²) in [6, 6.07) is 0.0463. The van der Waals surface area contributed by atoms with Crippen LogP contribution in [0.2, 0.25) is 0 Å². The van der Waals surface area contributed by atoms with E-state index in [1.165, 1.54) is 0 Å². The summed E-state index contributed by atoms with van der Waals surface area (Å²) in [6.45, 7) is 12.8. The van der Waals surface area contributed by atoms with Crippen molar-refractivity contribution >= 4 is 17.8 Å². The van der Waals surface area contributed by atoms with Crippen molar-refractivity contribution in [2.24, 2.45) is 0 Å². The van der Waals surface area contributed by atoms with Gasteiger partial charge in [0.15, 0.2) is 0 Å². The van der Waals surface area contributed by atoms with E-state index >= 15 is 0 Å². The molecule has 1 aliphatic rings. The van der Waals surface area contributed by atoms with Crippen molar-refractivity contribution in [2.75, 3.05) is 64.7 Å². The summed E-state index contributed by atoms with van der Waals surface area (Å²) in [7, 11) is 1.66. The first-order chi connectivity index (χ1) is 11.0. The van der Waals surface area contributed by atoms with Crippen LogP contribution in [0.25, 0.3) is 0 Å². The second kappa shape index (κ2) is 13.9. The Kier molecular flexibility index (Phi) is 13.6. The number of carbonyl (C=O) groups is 1. The van der Waals surface area contributed by atoms with Gasteiger partial charge in [0.25, 0.3) is 0 Å². The Balaban J connectivity index is 0.00000232. The van der Waals surface area contributed by atoms with Crippen molar-refractivity contribution in [3.05, 3.63) is 0 Å². The molecule has 2 amide bonds. The monoisotopic (exact) mass is 350 g/mol. The molecule has 0 atom stereocenters. The van der Waals surface area contributed by atoms with Crippen molar-refractivity contribution in [3.63, 3.8) is 0 Å². The van der Waals surface area contributed by atoms with E-state index < -0.39 is 0 Å². The van der Waals surface area contributed by atoms with Crippen LogP contribution >= 0.6 is 11.8 Å². The number of urea groups is 1. The number of rotatable bonds is 12. The van der Waals surface area contributed by atoms with E-state index in [-0.39, 0.29) is 11.6 Å². The molecule has 0 aromatic rings. The van der Waals surface area contributed by atoms with Gasteiger partial charge in [0.05, 0.1) is 38.6 Å². The van der Waals surface area contributed by atoms with Crippen LogP contribution in [0, 0.1) is 0 Å². The average molecular weight is 351 g/mol. The smallest absolute Gasteiger partial charge is 0.317 e. The normalized spacial score (nSPS) is 16.0. The fourth-order valence-corrected chi connectivity index (χ4v) is 2.79. The third kappa shape index (κ3) is 11.6. The maximum absolute atomic E-state index is 11.7. The van der Waals surface area contributed by atoms with E-state index in [0.29, 0.717) is 26.4 Å². The Bertz CT molecular complexity index is 304. The van der Waals surface area contributed by atoms with Crippen LogP contribution in [0.3, 0.4) is 0 Å². The van der Waals surface area contributed by atoms with E-state index in [2.05, 4.69) is 5.32 Å². The van der Waals surface area contributed by atoms with Gasteiger partial charge >= 0.3 is 6.03 Å². The Morgan fingerprint density at radius 3 is 2.26 bits per heavy atom. The van der Waals surface area contributed by atoms with E-state index in [1.807, 2.05) is 32.6 Å². The first kappa shape index (κ1) is 22.5. The summed E-state index contributed by atoms with van der Waals surface area (Å²) in [5, 5.41) is 2.96. The molecule has 0 radical (unpaired) electrons. The zero-order valence-corrected chi connectivity index (χ0v) is 16.2. The number of nitrogens with one attached hydrogen (secondary N) is 1. The average Bonchev–Trinajstić information content (AvgIpc) is 2.79. The van der Waals surface area contributed by atoms with Gasteiger partial charge in [0, 0.05) is 31.7 Å². The first-order valence-corrected chi connectivity index (χ1v) is 9.50. The number of nitrogens with zero attached hydrogens (tertiary/aromatic N) is 1. The Morgan fingerprint density at radius 2 is 1.70 bits per heavy atom. The number of hydrogen-bond donors (Lipinski definition) is 1. The summed E-state index contributed by atoms with van der Waals surface area (Å²) < 4.78 is 15.6. The molecule has 7 heteroatoms. The molecule has 0 unspecified atom stereocenters. The molecule has 0 aliphatic carbocycles. The minimum atomic E-state index is -0.103. The molecular weight excluding hydrogens is 316 g/mol. The SMILES string of the molecule is CC.COCCOCCOCCSCCN1CC(C)(C)NC1=O. The van der Waals surface area contributed by atoms with Gasteiger partial charge in [0.1, 0.15) is 0 Å². The van der Waals surface area contributed by atoms with Gasteiger partial charge in [-0.2, -0.15) is 11.8 Å². The second-order valence-electron chi connectivity index (χ2n) is 5.57. The predicted octanol–water partition coefficient (Wildman–Crippen LogP) is 2.23. The molecule has 0 saturated carbocycles. The molecule has 1 heterocycles. The molecule has 1 N–H and O–H groups in total. The van der Waals surface area contributed by atoms with Gasteiger partial charge in [-0.3, -0.25) is 0 Å². The third-order valence-electron chi connectivity index (χ3n) is 3.00. The summed E-state index contributed by atoms with van der Waals surface area (Å²) in [5.41, 5.74) is -0.103. The highest BCUT2D eigenvalue weighted by molar-refractivity contribution is 7.99. The Morgan fingerprint density at radius 1 is 1.09 bits per heavy atom. The van der Waals surface area contributed by atoms with Gasteiger partial charge in [-0.05, 0) is 13.8 Å². The second-order valence-corrected chi connectivity index (χ2v) is 6.79. The lowest BCUT2D eigenvalue weighted by Crippen LogP contribution is -2.36. The molecule has 1 fully saturated rings. The molecule has 0 spiro atoms. The standard InChI is InChI=1S/C14H28N2O4S.C2H6/c1-14(2)12-16(13(17)15-14)4-10-21-11-9-20-8-7-19-6-5-18-3;1-2/h4-12H2,1-3H3,(H,15,17);1-2H3. The minimum absolute atomic E-state index is 0.0463. The minimum Gasteiger partial charge on any atom is -0.382 e. The van der Waals surface area contributed by atoms with Crippen molar-refractivity contribution < 1.29 is 19.0 Å². The van der Waals surface area contributed by atoms with Gasteiger partial charge in [-0.15, -0.1) is 0 Å². The maximum atomic E-state index is 11.7. The zero-order valence-electron chi connectivity index (χ0n) is 15.4. The largest absolute Gasteiger partial charge is 0.382 e. The molecule has 1 rings (SSSR count). The molecule has 0 aromatic carbocycles. The number of carbonyl (C=O) groups excluding carboxylic acids is 1. The van der Waals surface area contributed by atoms with Crippen LogP contribution in [-0.4, -0.2) is 81.2 Å². The van der Waals surface area contributed by atoms with E-state index in [4.69, 9.17) is 14.2 Å². The van der Waals surface area contributed by atoms with E-state index in [0.717, 1.165) is 31.2 Å². The highest BCUT2D eigenvalue weighted by Gasteiger charge is 2.33. The number of methoxy groups -OCH3 is 1. The first-order valence-electron chi connectivity index (χ1n) is 8.34. The number of thioether (sulfide) groups is 1. The lowest BCUT2D eigenvalue weighted by molar-refractivity contribution is 0.0286. The molecule has 1 aliphatic heterocycles. The van der Waals surface area contributed by atoms with Gasteiger partial charge in [0.2, 0.25) is 0 Å². The predicted molar refractivity (Wildman–Crippen MR) is 96.4 cm³/mol. The fourth-order valence-electron chi connectivity index (χ4n) is 2.00. The van der Waals surface area contributed by atoms with Crippen molar-refractivity contribution in [1.29, 1.82) is 0 Å². The van der Waals surface area contributed by atoms with Gasteiger partial charge in [-0.1, -0.05) is 13.8 Å². The van der Waals surface area contributed by atoms with Crippen LogP contribution < -0.4 is 5.32 Å². The van der Waals surface area contributed by atoms with Crippen LogP contribution in [0.5, 0.6) is 0 Å². The molecule has 138 valence electrons. The van der Waals surface area contributed by atoms with Gasteiger partial charge < -0.3 is 24.4 Å². The molecular formula is C16H34N2O4S. The Labute approximate surface area is 145 Å². The molecule has 23 heavy (non-hydrogen) atoms. The van der Waals surface area contributed by atoms with Gasteiger partial charge in [-0.25, -0.2) is 4.79 Å². The zero-order chi connectivity index (χ0) is 17.6. The summed E-state index contributed by atoms with van der Waals surface area (Å²) in [6.07, 6.45) is 0. The summed E-state index contributed by atoms with van der Waals surface area (Å²) in [5.74, 6) is 1.88. The molecule has 0 aromatic heterocycles. The van der Waals surface area contributed by atoms with Crippen molar-refractivity contribution in [3.8, 4) is 0 Å². The van der Waals surface area contributed by atoms with E-state index in [9.17, 15) is 4.79 Å². The highest BCUT2D eigenvalue weighted by Crippen LogP contribution is 2.14. The number of ether oxygens (including phenoxy) is 3.